The van der Waals surface area contributed by atoms with Crippen LogP contribution < -0.4 is 0 Å². The van der Waals surface area contributed by atoms with Gasteiger partial charge in [0.05, 0.1) is 22.7 Å². The molecule has 1 amide bonds. The Kier molecular flexibility index (Phi) is 5.89. The Labute approximate surface area is 149 Å². The van der Waals surface area contributed by atoms with Crippen LogP contribution in [0.4, 0.5) is 0 Å². The maximum absolute atomic E-state index is 13.0. The molecule has 2 aliphatic rings. The Hall–Kier alpha value is -0.980. The molecule has 1 aliphatic carbocycles. The first-order valence-electron chi connectivity index (χ1n) is 9.11. The second-order valence-electron chi connectivity index (χ2n) is 7.07. The van der Waals surface area contributed by atoms with E-state index in [1.54, 1.807) is 18.4 Å². The average Bonchev–Trinajstić information content (AvgIpc) is 2.87. The van der Waals surface area contributed by atoms with E-state index in [1.807, 2.05) is 0 Å². The van der Waals surface area contributed by atoms with Gasteiger partial charge in [0, 0.05) is 45.2 Å². The Morgan fingerprint density at radius 1 is 1.29 bits per heavy atom. The molecule has 0 aromatic carbocycles. The van der Waals surface area contributed by atoms with Crippen molar-refractivity contribution in [2.45, 2.75) is 45.6 Å². The monoisotopic (exact) mass is 351 g/mol. The van der Waals surface area contributed by atoms with Crippen molar-refractivity contribution in [1.29, 1.82) is 0 Å². The lowest BCUT2D eigenvalue weighted by molar-refractivity contribution is -0.152. The van der Waals surface area contributed by atoms with E-state index in [4.69, 9.17) is 4.74 Å². The molecule has 0 spiro atoms. The highest BCUT2D eigenvalue weighted by atomic mass is 32.1. The predicted molar refractivity (Wildman–Crippen MR) is 96.1 cm³/mol. The highest BCUT2D eigenvalue weighted by Gasteiger charge is 2.46. The molecule has 2 heterocycles. The van der Waals surface area contributed by atoms with Crippen LogP contribution in [0, 0.1) is 5.41 Å². The van der Waals surface area contributed by atoms with Gasteiger partial charge in [0.2, 0.25) is 5.91 Å². The second kappa shape index (κ2) is 7.93. The summed E-state index contributed by atoms with van der Waals surface area (Å²) >= 11 is 1.75. The normalized spacial score (nSPS) is 21.3. The number of amides is 1. The van der Waals surface area contributed by atoms with Gasteiger partial charge in [-0.3, -0.25) is 9.69 Å². The van der Waals surface area contributed by atoms with Gasteiger partial charge in [-0.05, 0) is 25.7 Å². The first-order chi connectivity index (χ1) is 11.7. The fourth-order valence-corrected chi connectivity index (χ4v) is 4.52. The maximum Gasteiger partial charge on any atom is 0.231 e. The highest BCUT2D eigenvalue weighted by molar-refractivity contribution is 7.09. The summed E-state index contributed by atoms with van der Waals surface area (Å²) < 4.78 is 5.34. The number of aromatic nitrogens is 1. The van der Waals surface area contributed by atoms with Gasteiger partial charge in [-0.15, -0.1) is 11.3 Å². The molecule has 3 rings (SSSR count). The van der Waals surface area contributed by atoms with Crippen LogP contribution in [-0.2, 0) is 22.5 Å². The predicted octanol–water partition coefficient (Wildman–Crippen LogP) is 2.56. The van der Waals surface area contributed by atoms with Gasteiger partial charge >= 0.3 is 0 Å². The second-order valence-corrected chi connectivity index (χ2v) is 8.02. The van der Waals surface area contributed by atoms with Crippen molar-refractivity contribution >= 4 is 17.2 Å². The van der Waals surface area contributed by atoms with Crippen LogP contribution in [0.2, 0.25) is 0 Å². The van der Waals surface area contributed by atoms with Crippen molar-refractivity contribution in [1.82, 2.24) is 14.8 Å². The third-order valence-corrected chi connectivity index (χ3v) is 6.39. The molecule has 2 fully saturated rings. The van der Waals surface area contributed by atoms with E-state index in [2.05, 4.69) is 27.1 Å². The zero-order chi connectivity index (χ0) is 17.0. The van der Waals surface area contributed by atoms with Crippen LogP contribution in [0.5, 0.6) is 0 Å². The average molecular weight is 352 g/mol. The number of carbonyl (C=O) groups is 1. The number of ether oxygens (including phenoxy) is 1. The molecule has 1 saturated heterocycles. The van der Waals surface area contributed by atoms with Gasteiger partial charge in [0.15, 0.2) is 0 Å². The summed E-state index contributed by atoms with van der Waals surface area (Å²) in [7, 11) is 1.70. The lowest BCUT2D eigenvalue weighted by atomic mass is 9.68. The Bertz CT molecular complexity index is 556. The van der Waals surface area contributed by atoms with Crippen LogP contribution in [0.15, 0.2) is 5.38 Å². The Morgan fingerprint density at radius 2 is 2.12 bits per heavy atom. The summed E-state index contributed by atoms with van der Waals surface area (Å²) in [6.45, 7) is 7.31. The third-order valence-electron chi connectivity index (χ3n) is 5.35. The lowest BCUT2D eigenvalue weighted by Crippen LogP contribution is -2.51. The molecule has 1 saturated carbocycles. The molecule has 134 valence electrons. The standard InChI is InChI=1S/C18H29N3O2S/c1-3-16-19-15(13-24-16)12-20-8-5-9-21(11-10-20)17(22)18(14-23-2)6-4-7-18/h13H,3-12,14H2,1-2H3. The Morgan fingerprint density at radius 3 is 2.75 bits per heavy atom. The van der Waals surface area contributed by atoms with E-state index in [9.17, 15) is 4.79 Å². The molecule has 0 unspecified atom stereocenters. The van der Waals surface area contributed by atoms with Crippen LogP contribution in [0.1, 0.15) is 43.3 Å². The number of methoxy groups -OCH3 is 1. The molecule has 5 nitrogen and oxygen atoms in total. The molecule has 0 bridgehead atoms. The fourth-order valence-electron chi connectivity index (χ4n) is 3.78. The molecule has 1 aromatic heterocycles. The largest absolute Gasteiger partial charge is 0.384 e. The molecule has 1 aliphatic heterocycles. The number of rotatable bonds is 6. The molecule has 24 heavy (non-hydrogen) atoms. The van der Waals surface area contributed by atoms with E-state index < -0.39 is 0 Å². The number of thiazole rings is 1. The lowest BCUT2D eigenvalue weighted by Gasteiger charge is -2.42. The summed E-state index contributed by atoms with van der Waals surface area (Å²) in [5, 5.41) is 3.39. The van der Waals surface area contributed by atoms with Crippen molar-refractivity contribution in [3.63, 3.8) is 0 Å². The first-order valence-corrected chi connectivity index (χ1v) is 9.99. The minimum Gasteiger partial charge on any atom is -0.384 e. The maximum atomic E-state index is 13.0. The van der Waals surface area contributed by atoms with Crippen molar-refractivity contribution < 1.29 is 9.53 Å². The van der Waals surface area contributed by atoms with Gasteiger partial charge in [-0.25, -0.2) is 4.98 Å². The Balaban J connectivity index is 1.55. The van der Waals surface area contributed by atoms with Crippen LogP contribution >= 0.6 is 11.3 Å². The molecule has 6 heteroatoms. The van der Waals surface area contributed by atoms with E-state index in [-0.39, 0.29) is 5.41 Å². The number of nitrogens with zero attached hydrogens (tertiary/aromatic N) is 3. The van der Waals surface area contributed by atoms with Gasteiger partial charge in [-0.2, -0.15) is 0 Å². The topological polar surface area (TPSA) is 45.7 Å². The van der Waals surface area contributed by atoms with Gasteiger partial charge in [0.25, 0.3) is 0 Å². The van der Waals surface area contributed by atoms with E-state index >= 15 is 0 Å². The van der Waals surface area contributed by atoms with Gasteiger partial charge < -0.3 is 9.64 Å². The zero-order valence-electron chi connectivity index (χ0n) is 14.9. The van der Waals surface area contributed by atoms with Crippen molar-refractivity contribution in [2.24, 2.45) is 5.41 Å². The number of aryl methyl sites for hydroxylation is 1. The van der Waals surface area contributed by atoms with Crippen LogP contribution in [-0.4, -0.2) is 60.6 Å². The van der Waals surface area contributed by atoms with E-state index in [0.29, 0.717) is 12.5 Å². The van der Waals surface area contributed by atoms with Crippen molar-refractivity contribution in [2.75, 3.05) is 39.9 Å². The van der Waals surface area contributed by atoms with Gasteiger partial charge in [0.1, 0.15) is 0 Å². The molecule has 0 N–H and O–H groups in total. The van der Waals surface area contributed by atoms with Crippen LogP contribution in [0.25, 0.3) is 0 Å². The minimum atomic E-state index is -0.227. The molecule has 1 aromatic rings. The molecular weight excluding hydrogens is 322 g/mol. The SMILES string of the molecule is CCc1nc(CN2CCCN(C(=O)C3(COC)CCC3)CC2)cs1. The molecule has 0 atom stereocenters. The van der Waals surface area contributed by atoms with Gasteiger partial charge in [-0.1, -0.05) is 13.3 Å². The number of hydrogen-bond acceptors (Lipinski definition) is 5. The summed E-state index contributed by atoms with van der Waals surface area (Å²) in [4.78, 5) is 22.2. The minimum absolute atomic E-state index is 0.227. The summed E-state index contributed by atoms with van der Waals surface area (Å²) in [6.07, 6.45) is 5.17. The van der Waals surface area contributed by atoms with Crippen molar-refractivity contribution in [3.8, 4) is 0 Å². The summed E-state index contributed by atoms with van der Waals surface area (Å²) in [6, 6.07) is 0. The van der Waals surface area contributed by atoms with E-state index in [0.717, 1.165) is 64.8 Å². The fraction of sp³-hybridized carbons (Fsp3) is 0.778. The molecular formula is C18H29N3O2S. The van der Waals surface area contributed by atoms with E-state index in [1.165, 1.54) is 10.7 Å². The third kappa shape index (κ3) is 3.81. The molecule has 0 radical (unpaired) electrons. The van der Waals surface area contributed by atoms with Crippen LogP contribution in [0.3, 0.4) is 0 Å². The smallest absolute Gasteiger partial charge is 0.231 e. The zero-order valence-corrected chi connectivity index (χ0v) is 15.7. The quantitative estimate of drug-likeness (QED) is 0.790. The van der Waals surface area contributed by atoms with Crippen molar-refractivity contribution in [3.05, 3.63) is 16.1 Å². The number of hydrogen-bond donors (Lipinski definition) is 0. The highest BCUT2D eigenvalue weighted by Crippen LogP contribution is 2.42. The summed E-state index contributed by atoms with van der Waals surface area (Å²) in [5.74, 6) is 0.319. The first kappa shape index (κ1) is 17.8. The number of carbonyl (C=O) groups excluding carboxylic acids is 1. The summed E-state index contributed by atoms with van der Waals surface area (Å²) in [5.41, 5.74) is 0.945.